The normalized spacial score (nSPS) is 21.2. The SMILES string of the molecule is CCC1CN(C)CCCN1c1cccc(C(=O)O)c1. The molecule has 104 valence electrons. The third-order valence-electron chi connectivity index (χ3n) is 3.80. The van der Waals surface area contributed by atoms with E-state index in [1.54, 1.807) is 12.1 Å². The van der Waals surface area contributed by atoms with Crippen LogP contribution in [0.15, 0.2) is 24.3 Å². The van der Waals surface area contributed by atoms with Gasteiger partial charge in [-0.15, -0.1) is 0 Å². The summed E-state index contributed by atoms with van der Waals surface area (Å²) in [6, 6.07) is 7.74. The van der Waals surface area contributed by atoms with Gasteiger partial charge in [0.15, 0.2) is 0 Å². The van der Waals surface area contributed by atoms with Gasteiger partial charge >= 0.3 is 5.97 Å². The molecule has 0 aliphatic carbocycles. The summed E-state index contributed by atoms with van der Waals surface area (Å²) in [6.07, 6.45) is 2.19. The van der Waals surface area contributed by atoms with Crippen LogP contribution in [0.2, 0.25) is 0 Å². The van der Waals surface area contributed by atoms with Crippen LogP contribution in [-0.4, -0.2) is 48.7 Å². The van der Waals surface area contributed by atoms with Gasteiger partial charge < -0.3 is 14.9 Å². The van der Waals surface area contributed by atoms with Gasteiger partial charge in [-0.3, -0.25) is 0 Å². The monoisotopic (exact) mass is 262 g/mol. The zero-order chi connectivity index (χ0) is 13.8. The molecule has 1 aromatic rings. The fourth-order valence-electron chi connectivity index (χ4n) is 2.75. The summed E-state index contributed by atoms with van der Waals surface area (Å²) in [4.78, 5) is 15.8. The van der Waals surface area contributed by atoms with Crippen LogP contribution in [0.4, 0.5) is 5.69 Å². The first-order valence-corrected chi connectivity index (χ1v) is 6.90. The van der Waals surface area contributed by atoms with Gasteiger partial charge in [-0.2, -0.15) is 0 Å². The number of carboxylic acids is 1. The second-order valence-electron chi connectivity index (χ2n) is 5.23. The van der Waals surface area contributed by atoms with Gasteiger partial charge in [0.2, 0.25) is 0 Å². The Bertz CT molecular complexity index is 448. The molecule has 2 rings (SSSR count). The highest BCUT2D eigenvalue weighted by Crippen LogP contribution is 2.23. The average molecular weight is 262 g/mol. The highest BCUT2D eigenvalue weighted by atomic mass is 16.4. The molecular formula is C15H22N2O2. The Kier molecular flexibility index (Phi) is 4.43. The van der Waals surface area contributed by atoms with Crippen molar-refractivity contribution in [3.63, 3.8) is 0 Å². The number of nitrogens with zero attached hydrogens (tertiary/aromatic N) is 2. The van der Waals surface area contributed by atoms with E-state index in [0.717, 1.165) is 38.2 Å². The van der Waals surface area contributed by atoms with Crippen molar-refractivity contribution in [3.05, 3.63) is 29.8 Å². The molecule has 1 saturated heterocycles. The Balaban J connectivity index is 2.27. The minimum Gasteiger partial charge on any atom is -0.478 e. The van der Waals surface area contributed by atoms with Crippen molar-refractivity contribution < 1.29 is 9.90 Å². The number of hydrogen-bond acceptors (Lipinski definition) is 3. The number of rotatable bonds is 3. The van der Waals surface area contributed by atoms with Crippen molar-refractivity contribution in [2.45, 2.75) is 25.8 Å². The zero-order valence-corrected chi connectivity index (χ0v) is 11.7. The summed E-state index contributed by atoms with van der Waals surface area (Å²) in [6.45, 7) is 5.32. The molecule has 0 spiro atoms. The lowest BCUT2D eigenvalue weighted by Gasteiger charge is -2.32. The maximum Gasteiger partial charge on any atom is 0.335 e. The Morgan fingerprint density at radius 3 is 2.89 bits per heavy atom. The van der Waals surface area contributed by atoms with E-state index in [1.807, 2.05) is 12.1 Å². The summed E-state index contributed by atoms with van der Waals surface area (Å²) < 4.78 is 0. The molecule has 4 nitrogen and oxygen atoms in total. The van der Waals surface area contributed by atoms with Crippen LogP contribution in [0.25, 0.3) is 0 Å². The van der Waals surface area contributed by atoms with Gasteiger partial charge in [-0.1, -0.05) is 13.0 Å². The summed E-state index contributed by atoms with van der Waals surface area (Å²) in [7, 11) is 2.15. The first-order valence-electron chi connectivity index (χ1n) is 6.90. The molecule has 0 saturated carbocycles. The molecule has 1 atom stereocenters. The van der Waals surface area contributed by atoms with Crippen LogP contribution >= 0.6 is 0 Å². The standard InChI is InChI=1S/C15H22N2O2/c1-3-13-11-16(2)8-5-9-17(13)14-7-4-6-12(10-14)15(18)19/h4,6-7,10,13H,3,5,8-9,11H2,1-2H3,(H,18,19). The largest absolute Gasteiger partial charge is 0.478 e. The first-order chi connectivity index (χ1) is 9.11. The van der Waals surface area contributed by atoms with Crippen LogP contribution in [0.3, 0.4) is 0 Å². The Morgan fingerprint density at radius 2 is 2.21 bits per heavy atom. The summed E-state index contributed by atoms with van der Waals surface area (Å²) in [5.41, 5.74) is 1.40. The smallest absolute Gasteiger partial charge is 0.335 e. The first kappa shape index (κ1) is 13.9. The molecule has 1 fully saturated rings. The quantitative estimate of drug-likeness (QED) is 0.908. The highest BCUT2D eigenvalue weighted by molar-refractivity contribution is 5.88. The molecule has 19 heavy (non-hydrogen) atoms. The third-order valence-corrected chi connectivity index (χ3v) is 3.80. The Morgan fingerprint density at radius 1 is 1.42 bits per heavy atom. The zero-order valence-electron chi connectivity index (χ0n) is 11.7. The van der Waals surface area contributed by atoms with E-state index in [9.17, 15) is 4.79 Å². The summed E-state index contributed by atoms with van der Waals surface area (Å²) in [5.74, 6) is -0.859. The number of aromatic carboxylic acids is 1. The number of carbonyl (C=O) groups is 1. The number of likely N-dealkylation sites (N-methyl/N-ethyl adjacent to an activating group) is 1. The van der Waals surface area contributed by atoms with Gasteiger partial charge in [0.25, 0.3) is 0 Å². The molecule has 1 N–H and O–H groups in total. The average Bonchev–Trinajstić information content (AvgIpc) is 2.60. The van der Waals surface area contributed by atoms with Crippen LogP contribution in [0.1, 0.15) is 30.1 Å². The molecule has 1 aromatic carbocycles. The van der Waals surface area contributed by atoms with Gasteiger partial charge in [-0.25, -0.2) is 4.79 Å². The summed E-state index contributed by atoms with van der Waals surface area (Å²) in [5, 5.41) is 9.10. The van der Waals surface area contributed by atoms with Gasteiger partial charge in [0.05, 0.1) is 5.56 Å². The molecule has 0 bridgehead atoms. The third kappa shape index (κ3) is 3.26. The molecule has 1 aliphatic rings. The minimum absolute atomic E-state index is 0.366. The van der Waals surface area contributed by atoms with E-state index in [4.69, 9.17) is 5.11 Å². The second-order valence-corrected chi connectivity index (χ2v) is 5.23. The lowest BCUT2D eigenvalue weighted by atomic mass is 10.1. The molecule has 0 amide bonds. The molecule has 1 unspecified atom stereocenters. The Hall–Kier alpha value is -1.55. The fourth-order valence-corrected chi connectivity index (χ4v) is 2.75. The second kappa shape index (κ2) is 6.06. The maximum absolute atomic E-state index is 11.1. The van der Waals surface area contributed by atoms with Crippen molar-refractivity contribution in [2.24, 2.45) is 0 Å². The number of benzene rings is 1. The molecule has 0 radical (unpaired) electrons. The van der Waals surface area contributed by atoms with E-state index in [-0.39, 0.29) is 0 Å². The Labute approximate surface area is 114 Å². The number of carboxylic acid groups (broad SMARTS) is 1. The van der Waals surface area contributed by atoms with Crippen LogP contribution in [0, 0.1) is 0 Å². The van der Waals surface area contributed by atoms with Gasteiger partial charge in [-0.05, 0) is 44.6 Å². The van der Waals surface area contributed by atoms with Crippen molar-refractivity contribution >= 4 is 11.7 Å². The fraction of sp³-hybridized carbons (Fsp3) is 0.533. The van der Waals surface area contributed by atoms with Crippen molar-refractivity contribution in [1.29, 1.82) is 0 Å². The maximum atomic E-state index is 11.1. The molecular weight excluding hydrogens is 240 g/mol. The predicted octanol–water partition coefficient (Wildman–Crippen LogP) is 2.31. The van der Waals surface area contributed by atoms with Crippen molar-refractivity contribution in [1.82, 2.24) is 4.90 Å². The van der Waals surface area contributed by atoms with E-state index >= 15 is 0 Å². The van der Waals surface area contributed by atoms with Crippen LogP contribution in [-0.2, 0) is 0 Å². The molecule has 0 aromatic heterocycles. The lowest BCUT2D eigenvalue weighted by Crippen LogP contribution is -2.39. The van der Waals surface area contributed by atoms with E-state index in [0.29, 0.717) is 11.6 Å². The highest BCUT2D eigenvalue weighted by Gasteiger charge is 2.22. The number of hydrogen-bond donors (Lipinski definition) is 1. The lowest BCUT2D eigenvalue weighted by molar-refractivity contribution is 0.0697. The van der Waals surface area contributed by atoms with E-state index in [1.165, 1.54) is 0 Å². The van der Waals surface area contributed by atoms with Gasteiger partial charge in [0, 0.05) is 24.8 Å². The molecule has 1 heterocycles. The van der Waals surface area contributed by atoms with E-state index in [2.05, 4.69) is 23.8 Å². The molecule has 4 heteroatoms. The van der Waals surface area contributed by atoms with Crippen molar-refractivity contribution in [2.75, 3.05) is 31.6 Å². The topological polar surface area (TPSA) is 43.8 Å². The van der Waals surface area contributed by atoms with Crippen LogP contribution < -0.4 is 4.90 Å². The minimum atomic E-state index is -0.859. The van der Waals surface area contributed by atoms with Crippen molar-refractivity contribution in [3.8, 4) is 0 Å². The molecule has 1 aliphatic heterocycles. The predicted molar refractivity (Wildman–Crippen MR) is 76.9 cm³/mol. The van der Waals surface area contributed by atoms with Crippen LogP contribution in [0.5, 0.6) is 0 Å². The summed E-state index contributed by atoms with van der Waals surface area (Å²) >= 11 is 0. The number of anilines is 1. The van der Waals surface area contributed by atoms with Gasteiger partial charge in [0.1, 0.15) is 0 Å². The van der Waals surface area contributed by atoms with E-state index < -0.39 is 5.97 Å².